The number of rotatable bonds is 9. The number of carbonyl (C=O) groups is 3. The number of amides is 3. The van der Waals surface area contributed by atoms with E-state index in [1.54, 1.807) is 6.92 Å². The summed E-state index contributed by atoms with van der Waals surface area (Å²) in [6.45, 7) is 7.79. The van der Waals surface area contributed by atoms with E-state index in [0.29, 0.717) is 45.7 Å². The van der Waals surface area contributed by atoms with E-state index in [-0.39, 0.29) is 24.3 Å². The maximum atomic E-state index is 13.9. The third-order valence-corrected chi connectivity index (χ3v) is 8.62. The lowest BCUT2D eigenvalue weighted by atomic mass is 9.66. The summed E-state index contributed by atoms with van der Waals surface area (Å²) in [6.07, 6.45) is 1.09. The molecule has 202 valence electrons. The minimum Gasteiger partial charge on any atom is -0.394 e. The van der Waals surface area contributed by atoms with Crippen molar-refractivity contribution < 1.29 is 29.0 Å². The zero-order chi connectivity index (χ0) is 26.2. The van der Waals surface area contributed by atoms with Crippen LogP contribution in [0.3, 0.4) is 0 Å². The third kappa shape index (κ3) is 4.54. The molecule has 4 aliphatic rings. The summed E-state index contributed by atoms with van der Waals surface area (Å²) in [6, 6.07) is 8.13. The zero-order valence-electron chi connectivity index (χ0n) is 21.7. The first-order valence-electron chi connectivity index (χ1n) is 13.3. The number of fused-ring (bicyclic) bond motifs is 1. The molecule has 1 aromatic rings. The van der Waals surface area contributed by atoms with E-state index in [4.69, 9.17) is 9.47 Å². The van der Waals surface area contributed by atoms with Crippen LogP contribution >= 0.6 is 0 Å². The molecule has 10 nitrogen and oxygen atoms in total. The van der Waals surface area contributed by atoms with Gasteiger partial charge in [0.05, 0.1) is 43.3 Å². The lowest BCUT2D eigenvalue weighted by molar-refractivity contribution is -0.149. The van der Waals surface area contributed by atoms with Gasteiger partial charge in [0, 0.05) is 32.7 Å². The minimum atomic E-state index is -1.09. The molecule has 0 aliphatic carbocycles. The fourth-order valence-electron chi connectivity index (χ4n) is 6.78. The Bertz CT molecular complexity index is 1020. The predicted octanol–water partition coefficient (Wildman–Crippen LogP) is -0.103. The number of aliphatic hydroxyl groups excluding tert-OH is 1. The van der Waals surface area contributed by atoms with Crippen molar-refractivity contribution in [1.82, 2.24) is 20.4 Å². The normalized spacial score (nSPS) is 33.9. The quantitative estimate of drug-likeness (QED) is 0.421. The predicted molar refractivity (Wildman–Crippen MR) is 134 cm³/mol. The Morgan fingerprint density at radius 3 is 2.57 bits per heavy atom. The smallest absolute Gasteiger partial charge is 0.245 e. The first kappa shape index (κ1) is 26.1. The van der Waals surface area contributed by atoms with Crippen molar-refractivity contribution in [2.45, 2.75) is 56.5 Å². The van der Waals surface area contributed by atoms with Gasteiger partial charge in [0.25, 0.3) is 0 Å². The van der Waals surface area contributed by atoms with Gasteiger partial charge in [-0.3, -0.25) is 19.3 Å². The van der Waals surface area contributed by atoms with Crippen molar-refractivity contribution in [3.8, 4) is 0 Å². The molecular formula is C27H38N4O6. The monoisotopic (exact) mass is 514 g/mol. The lowest BCUT2D eigenvalue weighted by Crippen LogP contribution is -2.58. The van der Waals surface area contributed by atoms with E-state index in [1.807, 2.05) is 37.3 Å². The van der Waals surface area contributed by atoms with Gasteiger partial charge in [-0.25, -0.2) is 0 Å². The Morgan fingerprint density at radius 1 is 1.14 bits per heavy atom. The Hall–Kier alpha value is -2.53. The molecule has 4 fully saturated rings. The highest BCUT2D eigenvalue weighted by atomic mass is 16.5. The van der Waals surface area contributed by atoms with Crippen molar-refractivity contribution in [3.63, 3.8) is 0 Å². The number of ether oxygens (including phenoxy) is 2. The van der Waals surface area contributed by atoms with E-state index in [0.717, 1.165) is 18.7 Å². The van der Waals surface area contributed by atoms with Crippen LogP contribution in [-0.2, 0) is 30.4 Å². The van der Waals surface area contributed by atoms with E-state index in [1.165, 1.54) is 4.90 Å². The average Bonchev–Trinajstić information content (AvgIpc) is 3.48. The van der Waals surface area contributed by atoms with Gasteiger partial charge in [-0.1, -0.05) is 30.3 Å². The minimum absolute atomic E-state index is 0.240. The summed E-state index contributed by atoms with van der Waals surface area (Å²) in [5, 5.41) is 16.0. The van der Waals surface area contributed by atoms with E-state index < -0.39 is 35.1 Å². The Balaban J connectivity index is 1.36. The highest BCUT2D eigenvalue weighted by Gasteiger charge is 2.78. The SMILES string of the molecule is C[C@H](CO)N1C(=O)[C@@H]2[C@@H](C(=O)NCc3ccccc3)[C@@]3(C)CCC2(O3)C1C(=O)NCCN1CCOCC1. The van der Waals surface area contributed by atoms with Crippen molar-refractivity contribution in [3.05, 3.63) is 35.9 Å². The van der Waals surface area contributed by atoms with Crippen LogP contribution in [0, 0.1) is 11.8 Å². The molecule has 4 aliphatic heterocycles. The van der Waals surface area contributed by atoms with Crippen LogP contribution in [0.1, 0.15) is 32.3 Å². The summed E-state index contributed by atoms with van der Waals surface area (Å²) in [5.41, 5.74) is -0.958. The van der Waals surface area contributed by atoms with Gasteiger partial charge < -0.3 is 30.1 Å². The molecule has 0 saturated carbocycles. The molecule has 6 atom stereocenters. The number of morpholine rings is 1. The van der Waals surface area contributed by atoms with E-state index in [2.05, 4.69) is 15.5 Å². The summed E-state index contributed by atoms with van der Waals surface area (Å²) in [4.78, 5) is 44.8. The number of aliphatic hydroxyl groups is 1. The van der Waals surface area contributed by atoms with Crippen molar-refractivity contribution in [2.24, 2.45) is 11.8 Å². The number of carbonyl (C=O) groups excluding carboxylic acids is 3. The second kappa shape index (κ2) is 10.3. The Morgan fingerprint density at radius 2 is 1.86 bits per heavy atom. The molecule has 2 unspecified atom stereocenters. The van der Waals surface area contributed by atoms with Crippen LogP contribution in [0.25, 0.3) is 0 Å². The van der Waals surface area contributed by atoms with Crippen molar-refractivity contribution in [1.29, 1.82) is 0 Å². The van der Waals surface area contributed by atoms with Gasteiger partial charge in [-0.15, -0.1) is 0 Å². The molecule has 10 heteroatoms. The number of benzene rings is 1. The summed E-state index contributed by atoms with van der Waals surface area (Å²) >= 11 is 0. The molecule has 1 spiro atoms. The van der Waals surface area contributed by atoms with Gasteiger partial charge in [-0.05, 0) is 32.3 Å². The van der Waals surface area contributed by atoms with Crippen LogP contribution in [0.15, 0.2) is 30.3 Å². The molecule has 37 heavy (non-hydrogen) atoms. The standard InChI is InChI=1S/C27H38N4O6/c1-18(17-32)31-22(24(34)28-10-11-30-12-14-36-15-13-30)27-9-8-26(2,37-27)20(21(27)25(31)35)23(33)29-16-19-6-4-3-5-7-19/h3-7,18,20-22,32H,8-17H2,1-2H3,(H,28,34)(H,29,33)/t18-,20+,21+,22?,26-,27?/m1/s1. The largest absolute Gasteiger partial charge is 0.394 e. The number of hydrogen-bond acceptors (Lipinski definition) is 7. The van der Waals surface area contributed by atoms with Gasteiger partial charge in [-0.2, -0.15) is 0 Å². The van der Waals surface area contributed by atoms with Gasteiger partial charge >= 0.3 is 0 Å². The van der Waals surface area contributed by atoms with Crippen LogP contribution in [-0.4, -0.2) is 102 Å². The van der Waals surface area contributed by atoms with Crippen LogP contribution in [0.2, 0.25) is 0 Å². The lowest BCUT2D eigenvalue weighted by Gasteiger charge is -2.36. The number of hydrogen-bond donors (Lipinski definition) is 3. The maximum absolute atomic E-state index is 13.9. The maximum Gasteiger partial charge on any atom is 0.245 e. The molecule has 2 bridgehead atoms. The third-order valence-electron chi connectivity index (χ3n) is 8.62. The summed E-state index contributed by atoms with van der Waals surface area (Å²) in [7, 11) is 0. The number of likely N-dealkylation sites (tertiary alicyclic amines) is 1. The first-order valence-corrected chi connectivity index (χ1v) is 13.3. The molecular weight excluding hydrogens is 476 g/mol. The molecule has 0 aromatic heterocycles. The summed E-state index contributed by atoms with van der Waals surface area (Å²) < 4.78 is 12.0. The molecule has 5 rings (SSSR count). The molecule has 3 N–H and O–H groups in total. The van der Waals surface area contributed by atoms with Crippen molar-refractivity contribution >= 4 is 17.7 Å². The van der Waals surface area contributed by atoms with Gasteiger partial charge in [0.1, 0.15) is 11.6 Å². The molecule has 4 heterocycles. The second-order valence-corrected chi connectivity index (χ2v) is 11.0. The highest BCUT2D eigenvalue weighted by Crippen LogP contribution is 2.63. The summed E-state index contributed by atoms with van der Waals surface area (Å²) in [5.74, 6) is -2.31. The molecule has 3 amide bonds. The second-order valence-electron chi connectivity index (χ2n) is 11.0. The average molecular weight is 515 g/mol. The molecule has 0 radical (unpaired) electrons. The molecule has 4 saturated heterocycles. The first-order chi connectivity index (χ1) is 17.8. The Labute approximate surface area is 217 Å². The van der Waals surface area contributed by atoms with E-state index >= 15 is 0 Å². The Kier molecular flexibility index (Phi) is 7.28. The van der Waals surface area contributed by atoms with E-state index in [9.17, 15) is 19.5 Å². The van der Waals surface area contributed by atoms with Gasteiger partial charge in [0.15, 0.2) is 0 Å². The fourth-order valence-corrected chi connectivity index (χ4v) is 6.78. The fraction of sp³-hybridized carbons (Fsp3) is 0.667. The highest BCUT2D eigenvalue weighted by molar-refractivity contribution is 5.99. The van der Waals surface area contributed by atoms with Crippen LogP contribution in [0.4, 0.5) is 0 Å². The van der Waals surface area contributed by atoms with Crippen LogP contribution < -0.4 is 10.6 Å². The molecule has 1 aromatic carbocycles. The van der Waals surface area contributed by atoms with Crippen molar-refractivity contribution in [2.75, 3.05) is 46.0 Å². The topological polar surface area (TPSA) is 120 Å². The van der Waals surface area contributed by atoms with Crippen LogP contribution in [0.5, 0.6) is 0 Å². The number of nitrogens with zero attached hydrogens (tertiary/aromatic N) is 2. The van der Waals surface area contributed by atoms with Gasteiger partial charge in [0.2, 0.25) is 17.7 Å². The zero-order valence-corrected chi connectivity index (χ0v) is 21.7. The number of nitrogens with one attached hydrogen (secondary N) is 2.